The van der Waals surface area contributed by atoms with Crippen molar-refractivity contribution in [3.8, 4) is 0 Å². The second kappa shape index (κ2) is 10.3. The summed E-state index contributed by atoms with van der Waals surface area (Å²) >= 11 is 0. The quantitative estimate of drug-likeness (QED) is 0.725. The second-order valence-corrected chi connectivity index (χ2v) is 10.2. The molecule has 1 N–H and O–H groups in total. The van der Waals surface area contributed by atoms with Gasteiger partial charge in [0, 0.05) is 25.6 Å². The Morgan fingerprint density at radius 1 is 1.06 bits per heavy atom. The van der Waals surface area contributed by atoms with Gasteiger partial charge in [0.1, 0.15) is 6.10 Å². The lowest BCUT2D eigenvalue weighted by atomic mass is 9.89. The lowest BCUT2D eigenvalue weighted by Crippen LogP contribution is -2.44. The SMILES string of the molecule is Cc1ccc(C2Cn3cnc(C(=O)N4CCC(C(=O)NCC5CCCCC5)CC4)c3CO2)cc1. The van der Waals surface area contributed by atoms with Gasteiger partial charge in [0.05, 0.1) is 25.2 Å². The number of fused-ring (bicyclic) bond motifs is 1. The number of carbonyl (C=O) groups excluding carboxylic acids is 2. The number of amides is 2. The number of rotatable bonds is 5. The van der Waals surface area contributed by atoms with Gasteiger partial charge < -0.3 is 19.5 Å². The summed E-state index contributed by atoms with van der Waals surface area (Å²) in [5.74, 6) is 0.751. The minimum Gasteiger partial charge on any atom is -0.365 e. The number of aryl methyl sites for hydroxylation is 1. The molecule has 1 unspecified atom stereocenters. The molecule has 3 heterocycles. The van der Waals surface area contributed by atoms with E-state index in [1.54, 1.807) is 6.33 Å². The predicted molar refractivity (Wildman–Crippen MR) is 129 cm³/mol. The van der Waals surface area contributed by atoms with Crippen LogP contribution in [0.15, 0.2) is 30.6 Å². The van der Waals surface area contributed by atoms with Gasteiger partial charge in [-0.25, -0.2) is 4.98 Å². The zero-order chi connectivity index (χ0) is 23.5. The Hall–Kier alpha value is -2.67. The standard InChI is InChI=1S/C27H36N4O3/c1-19-7-9-21(10-8-19)24-16-31-18-29-25(23(31)17-34-24)27(33)30-13-11-22(12-14-30)26(32)28-15-20-5-3-2-4-6-20/h7-10,18,20,22,24H,2-6,11-17H2,1H3,(H,28,32). The molecule has 1 saturated carbocycles. The van der Waals surface area contributed by atoms with Gasteiger partial charge in [0.15, 0.2) is 5.69 Å². The minimum absolute atomic E-state index is 0.00199. The third-order valence-corrected chi connectivity index (χ3v) is 7.82. The van der Waals surface area contributed by atoms with E-state index in [1.807, 2.05) is 9.47 Å². The van der Waals surface area contributed by atoms with Crippen LogP contribution in [-0.2, 0) is 22.7 Å². The zero-order valence-corrected chi connectivity index (χ0v) is 20.2. The fraction of sp³-hybridized carbons (Fsp3) is 0.593. The largest absolute Gasteiger partial charge is 0.365 e. The van der Waals surface area contributed by atoms with Gasteiger partial charge in [0.25, 0.3) is 5.91 Å². The number of imidazole rings is 1. The van der Waals surface area contributed by atoms with E-state index in [1.165, 1.54) is 37.7 Å². The molecular formula is C27H36N4O3. The minimum atomic E-state index is -0.0489. The fourth-order valence-electron chi connectivity index (χ4n) is 5.56. The Bertz CT molecular complexity index is 1000. The summed E-state index contributed by atoms with van der Waals surface area (Å²) in [5.41, 5.74) is 3.70. The predicted octanol–water partition coefficient (Wildman–Crippen LogP) is 4.01. The molecule has 0 bridgehead atoms. The van der Waals surface area contributed by atoms with Gasteiger partial charge >= 0.3 is 0 Å². The molecule has 182 valence electrons. The molecule has 7 heteroatoms. The number of nitrogens with zero attached hydrogens (tertiary/aromatic N) is 3. The average molecular weight is 465 g/mol. The van der Waals surface area contributed by atoms with Crippen LogP contribution in [0.2, 0.25) is 0 Å². The summed E-state index contributed by atoms with van der Waals surface area (Å²) in [6.45, 7) is 5.10. The van der Waals surface area contributed by atoms with Crippen molar-refractivity contribution in [1.29, 1.82) is 0 Å². The smallest absolute Gasteiger partial charge is 0.274 e. The van der Waals surface area contributed by atoms with Crippen LogP contribution in [0.3, 0.4) is 0 Å². The number of ether oxygens (including phenoxy) is 1. The highest BCUT2D eigenvalue weighted by Crippen LogP contribution is 2.29. The lowest BCUT2D eigenvalue weighted by Gasteiger charge is -2.32. The summed E-state index contributed by atoms with van der Waals surface area (Å²) in [4.78, 5) is 32.2. The normalized spacial score (nSPS) is 21.8. The van der Waals surface area contributed by atoms with E-state index in [0.29, 0.717) is 50.7 Å². The molecule has 0 spiro atoms. The van der Waals surface area contributed by atoms with Crippen LogP contribution < -0.4 is 5.32 Å². The van der Waals surface area contributed by atoms with Gasteiger partial charge in [-0.2, -0.15) is 0 Å². The van der Waals surface area contributed by atoms with E-state index in [-0.39, 0.29) is 23.8 Å². The van der Waals surface area contributed by atoms with E-state index in [2.05, 4.69) is 41.5 Å². The van der Waals surface area contributed by atoms with Crippen molar-refractivity contribution >= 4 is 11.8 Å². The molecule has 2 amide bonds. The highest BCUT2D eigenvalue weighted by Gasteiger charge is 2.32. The number of benzene rings is 1. The molecule has 1 aromatic heterocycles. The molecule has 1 aromatic carbocycles. The number of nitrogens with one attached hydrogen (secondary N) is 1. The third kappa shape index (κ3) is 5.04. The Morgan fingerprint density at radius 2 is 1.79 bits per heavy atom. The van der Waals surface area contributed by atoms with Crippen molar-refractivity contribution in [2.75, 3.05) is 19.6 Å². The topological polar surface area (TPSA) is 76.5 Å². The molecule has 1 aliphatic carbocycles. The van der Waals surface area contributed by atoms with Crippen molar-refractivity contribution < 1.29 is 14.3 Å². The molecular weight excluding hydrogens is 428 g/mol. The van der Waals surface area contributed by atoms with Crippen LogP contribution in [0.1, 0.15) is 78.4 Å². The highest BCUT2D eigenvalue weighted by atomic mass is 16.5. The van der Waals surface area contributed by atoms with Crippen molar-refractivity contribution in [3.63, 3.8) is 0 Å². The van der Waals surface area contributed by atoms with Crippen LogP contribution in [-0.4, -0.2) is 45.9 Å². The number of piperidine rings is 1. The Morgan fingerprint density at radius 3 is 2.53 bits per heavy atom. The molecule has 2 fully saturated rings. The van der Waals surface area contributed by atoms with Crippen LogP contribution >= 0.6 is 0 Å². The molecule has 34 heavy (non-hydrogen) atoms. The molecule has 0 radical (unpaired) electrons. The number of hydrogen-bond donors (Lipinski definition) is 1. The molecule has 1 saturated heterocycles. The van der Waals surface area contributed by atoms with Crippen LogP contribution in [0.4, 0.5) is 0 Å². The van der Waals surface area contributed by atoms with Crippen molar-refractivity contribution in [2.24, 2.45) is 11.8 Å². The maximum atomic E-state index is 13.2. The maximum absolute atomic E-state index is 13.2. The first-order valence-corrected chi connectivity index (χ1v) is 12.9. The van der Waals surface area contributed by atoms with E-state index >= 15 is 0 Å². The summed E-state index contributed by atoms with van der Waals surface area (Å²) in [6, 6.07) is 8.39. The molecule has 2 aromatic rings. The number of carbonyl (C=O) groups is 2. The number of hydrogen-bond acceptors (Lipinski definition) is 4. The van der Waals surface area contributed by atoms with Gasteiger partial charge in [0.2, 0.25) is 5.91 Å². The van der Waals surface area contributed by atoms with E-state index in [0.717, 1.165) is 17.8 Å². The Balaban J connectivity index is 1.14. The van der Waals surface area contributed by atoms with Crippen LogP contribution in [0, 0.1) is 18.8 Å². The summed E-state index contributed by atoms with van der Waals surface area (Å²) in [5, 5.41) is 3.18. The third-order valence-electron chi connectivity index (χ3n) is 7.82. The first-order chi connectivity index (χ1) is 16.6. The second-order valence-electron chi connectivity index (χ2n) is 10.2. The van der Waals surface area contributed by atoms with Crippen molar-refractivity contribution in [3.05, 3.63) is 53.1 Å². The van der Waals surface area contributed by atoms with E-state index in [9.17, 15) is 9.59 Å². The highest BCUT2D eigenvalue weighted by molar-refractivity contribution is 5.93. The molecule has 2 aliphatic heterocycles. The van der Waals surface area contributed by atoms with Crippen LogP contribution in [0.25, 0.3) is 0 Å². The summed E-state index contributed by atoms with van der Waals surface area (Å²) < 4.78 is 8.16. The van der Waals surface area contributed by atoms with E-state index < -0.39 is 0 Å². The molecule has 1 atom stereocenters. The number of aromatic nitrogens is 2. The van der Waals surface area contributed by atoms with Gasteiger partial charge in [-0.1, -0.05) is 49.1 Å². The van der Waals surface area contributed by atoms with Crippen LogP contribution in [0.5, 0.6) is 0 Å². The average Bonchev–Trinajstić information content (AvgIpc) is 3.31. The molecule has 3 aliphatic rings. The van der Waals surface area contributed by atoms with Crippen molar-refractivity contribution in [2.45, 2.75) is 71.1 Å². The molecule has 7 nitrogen and oxygen atoms in total. The van der Waals surface area contributed by atoms with Crippen molar-refractivity contribution in [1.82, 2.24) is 19.8 Å². The lowest BCUT2D eigenvalue weighted by molar-refractivity contribution is -0.126. The molecule has 5 rings (SSSR count). The van der Waals surface area contributed by atoms with Gasteiger partial charge in [-0.15, -0.1) is 0 Å². The first-order valence-electron chi connectivity index (χ1n) is 12.9. The monoisotopic (exact) mass is 464 g/mol. The summed E-state index contributed by atoms with van der Waals surface area (Å²) in [6.07, 6.45) is 9.53. The Labute approximate surface area is 201 Å². The van der Waals surface area contributed by atoms with Gasteiger partial charge in [-0.05, 0) is 44.1 Å². The zero-order valence-electron chi connectivity index (χ0n) is 20.2. The first kappa shape index (κ1) is 23.1. The van der Waals surface area contributed by atoms with Gasteiger partial charge in [-0.3, -0.25) is 9.59 Å². The number of likely N-dealkylation sites (tertiary alicyclic amines) is 1. The fourth-order valence-corrected chi connectivity index (χ4v) is 5.56. The maximum Gasteiger partial charge on any atom is 0.274 e. The Kier molecular flexibility index (Phi) is 6.99. The summed E-state index contributed by atoms with van der Waals surface area (Å²) in [7, 11) is 0. The van der Waals surface area contributed by atoms with E-state index in [4.69, 9.17) is 4.74 Å².